The number of Topliss-reactive ketones (excluding diaryl/α,β-unsaturated/α-hetero) is 1. The molecule has 0 fully saturated rings. The number of halogens is 1. The minimum Gasteiger partial charge on any atom is -0.357 e. The summed E-state index contributed by atoms with van der Waals surface area (Å²) in [4.78, 5) is 14.5. The van der Waals surface area contributed by atoms with Gasteiger partial charge in [0.15, 0.2) is 5.78 Å². The SMILES string of the molecule is CC(=O)c1cc(Cl)c2[nH]c(C)c(C)c2c1. The van der Waals surface area contributed by atoms with Gasteiger partial charge in [-0.2, -0.15) is 0 Å². The first kappa shape index (κ1) is 10.2. The van der Waals surface area contributed by atoms with Crippen LogP contribution < -0.4 is 0 Å². The van der Waals surface area contributed by atoms with Crippen molar-refractivity contribution in [2.24, 2.45) is 0 Å². The van der Waals surface area contributed by atoms with Crippen LogP contribution >= 0.6 is 11.6 Å². The van der Waals surface area contributed by atoms with Crippen molar-refractivity contribution in [2.75, 3.05) is 0 Å². The van der Waals surface area contributed by atoms with Crippen molar-refractivity contribution in [3.8, 4) is 0 Å². The molecule has 2 aromatic rings. The highest BCUT2D eigenvalue weighted by Crippen LogP contribution is 2.29. The van der Waals surface area contributed by atoms with Crippen molar-refractivity contribution in [3.63, 3.8) is 0 Å². The molecule has 0 amide bonds. The molecule has 0 saturated carbocycles. The van der Waals surface area contributed by atoms with E-state index in [1.54, 1.807) is 13.0 Å². The van der Waals surface area contributed by atoms with Crippen LogP contribution in [0.4, 0.5) is 0 Å². The van der Waals surface area contributed by atoms with Crippen molar-refractivity contribution < 1.29 is 4.79 Å². The predicted molar refractivity (Wildman–Crippen MR) is 62.8 cm³/mol. The fourth-order valence-electron chi connectivity index (χ4n) is 1.72. The van der Waals surface area contributed by atoms with Crippen LogP contribution in [0.2, 0.25) is 5.02 Å². The van der Waals surface area contributed by atoms with E-state index in [1.807, 2.05) is 19.9 Å². The number of benzene rings is 1. The van der Waals surface area contributed by atoms with Crippen molar-refractivity contribution in [1.82, 2.24) is 4.98 Å². The zero-order chi connectivity index (χ0) is 11.2. The maximum atomic E-state index is 11.3. The van der Waals surface area contributed by atoms with E-state index in [2.05, 4.69) is 4.98 Å². The molecule has 1 N–H and O–H groups in total. The van der Waals surface area contributed by atoms with E-state index < -0.39 is 0 Å². The topological polar surface area (TPSA) is 32.9 Å². The molecule has 0 atom stereocenters. The molecule has 0 aliphatic carbocycles. The van der Waals surface area contributed by atoms with Crippen LogP contribution in [0, 0.1) is 13.8 Å². The molecule has 0 saturated heterocycles. The van der Waals surface area contributed by atoms with Crippen LogP contribution in [0.25, 0.3) is 10.9 Å². The second-order valence-electron chi connectivity index (χ2n) is 3.81. The van der Waals surface area contributed by atoms with Gasteiger partial charge in [0.2, 0.25) is 0 Å². The van der Waals surface area contributed by atoms with Crippen LogP contribution in [0.1, 0.15) is 28.5 Å². The highest BCUT2D eigenvalue weighted by atomic mass is 35.5. The van der Waals surface area contributed by atoms with Gasteiger partial charge >= 0.3 is 0 Å². The molecular weight excluding hydrogens is 210 g/mol. The minimum absolute atomic E-state index is 0.0389. The van der Waals surface area contributed by atoms with Crippen LogP contribution in [-0.4, -0.2) is 10.8 Å². The van der Waals surface area contributed by atoms with Gasteiger partial charge in [-0.25, -0.2) is 0 Å². The molecule has 3 heteroatoms. The fourth-order valence-corrected chi connectivity index (χ4v) is 1.98. The third-order valence-corrected chi connectivity index (χ3v) is 3.07. The van der Waals surface area contributed by atoms with Crippen molar-refractivity contribution >= 4 is 28.3 Å². The number of fused-ring (bicyclic) bond motifs is 1. The summed E-state index contributed by atoms with van der Waals surface area (Å²) < 4.78 is 0. The third-order valence-electron chi connectivity index (χ3n) is 2.78. The average Bonchev–Trinajstić information content (AvgIpc) is 2.45. The second kappa shape index (κ2) is 3.38. The van der Waals surface area contributed by atoms with Gasteiger partial charge < -0.3 is 4.98 Å². The van der Waals surface area contributed by atoms with Crippen molar-refractivity contribution in [3.05, 3.63) is 34.0 Å². The summed E-state index contributed by atoms with van der Waals surface area (Å²) in [7, 11) is 0. The Bertz CT molecular complexity index is 554. The Labute approximate surface area is 93.2 Å². The lowest BCUT2D eigenvalue weighted by Gasteiger charge is -1.99. The summed E-state index contributed by atoms with van der Waals surface area (Å²) in [5.41, 5.74) is 3.81. The average molecular weight is 222 g/mol. The Morgan fingerprint density at radius 3 is 2.60 bits per heavy atom. The van der Waals surface area contributed by atoms with E-state index in [0.29, 0.717) is 10.6 Å². The van der Waals surface area contributed by atoms with Gasteiger partial charge in [-0.3, -0.25) is 4.79 Å². The number of aryl methyl sites for hydroxylation is 2. The first-order chi connectivity index (χ1) is 7.00. The number of ketones is 1. The van der Waals surface area contributed by atoms with E-state index in [0.717, 1.165) is 22.2 Å². The lowest BCUT2D eigenvalue weighted by molar-refractivity contribution is 0.101. The Kier molecular flexibility index (Phi) is 2.31. The summed E-state index contributed by atoms with van der Waals surface area (Å²) in [6, 6.07) is 3.60. The number of carbonyl (C=O) groups is 1. The van der Waals surface area contributed by atoms with E-state index in [4.69, 9.17) is 11.6 Å². The lowest BCUT2D eigenvalue weighted by Crippen LogP contribution is -1.91. The zero-order valence-electron chi connectivity index (χ0n) is 8.94. The Morgan fingerprint density at radius 2 is 2.00 bits per heavy atom. The largest absolute Gasteiger partial charge is 0.357 e. The molecule has 0 bridgehead atoms. The molecule has 1 heterocycles. The summed E-state index contributed by atoms with van der Waals surface area (Å²) in [6.07, 6.45) is 0. The van der Waals surface area contributed by atoms with Gasteiger partial charge in [0.1, 0.15) is 0 Å². The van der Waals surface area contributed by atoms with Gasteiger partial charge in [0.05, 0.1) is 10.5 Å². The Morgan fingerprint density at radius 1 is 1.33 bits per heavy atom. The standard InChI is InChI=1S/C12H12ClNO/c1-6-7(2)14-12-10(6)4-9(8(3)15)5-11(12)13/h4-5,14H,1-3H3. The van der Waals surface area contributed by atoms with E-state index in [9.17, 15) is 4.79 Å². The van der Waals surface area contributed by atoms with Crippen molar-refractivity contribution in [2.45, 2.75) is 20.8 Å². The van der Waals surface area contributed by atoms with Gasteiger partial charge in [-0.15, -0.1) is 0 Å². The monoisotopic (exact) mass is 221 g/mol. The number of hydrogen-bond donors (Lipinski definition) is 1. The molecule has 0 radical (unpaired) electrons. The second-order valence-corrected chi connectivity index (χ2v) is 4.22. The molecule has 0 spiro atoms. The summed E-state index contributed by atoms with van der Waals surface area (Å²) in [5.74, 6) is 0.0389. The maximum absolute atomic E-state index is 11.3. The molecule has 2 nitrogen and oxygen atoms in total. The van der Waals surface area contributed by atoms with E-state index >= 15 is 0 Å². The molecule has 2 rings (SSSR count). The number of rotatable bonds is 1. The number of carbonyl (C=O) groups excluding carboxylic acids is 1. The highest BCUT2D eigenvalue weighted by molar-refractivity contribution is 6.35. The van der Waals surface area contributed by atoms with Gasteiger partial charge in [-0.1, -0.05) is 11.6 Å². The summed E-state index contributed by atoms with van der Waals surface area (Å²) in [6.45, 7) is 5.57. The zero-order valence-corrected chi connectivity index (χ0v) is 9.70. The highest BCUT2D eigenvalue weighted by Gasteiger charge is 2.10. The maximum Gasteiger partial charge on any atom is 0.159 e. The summed E-state index contributed by atoms with van der Waals surface area (Å²) in [5, 5.41) is 1.64. The van der Waals surface area contributed by atoms with Crippen LogP contribution in [0.15, 0.2) is 12.1 Å². The lowest BCUT2D eigenvalue weighted by atomic mass is 10.1. The van der Waals surface area contributed by atoms with Crippen molar-refractivity contribution in [1.29, 1.82) is 0 Å². The first-order valence-electron chi connectivity index (χ1n) is 4.80. The van der Waals surface area contributed by atoms with E-state index in [1.165, 1.54) is 0 Å². The first-order valence-corrected chi connectivity index (χ1v) is 5.18. The molecular formula is C12H12ClNO. The molecule has 1 aromatic heterocycles. The van der Waals surface area contributed by atoms with Gasteiger partial charge in [-0.05, 0) is 38.5 Å². The molecule has 0 aliphatic rings. The molecule has 15 heavy (non-hydrogen) atoms. The van der Waals surface area contributed by atoms with Crippen LogP contribution in [0.5, 0.6) is 0 Å². The summed E-state index contributed by atoms with van der Waals surface area (Å²) >= 11 is 6.11. The number of H-pyrrole nitrogens is 1. The quantitative estimate of drug-likeness (QED) is 0.733. The smallest absolute Gasteiger partial charge is 0.159 e. The molecule has 1 aromatic carbocycles. The third kappa shape index (κ3) is 1.55. The normalized spacial score (nSPS) is 10.9. The van der Waals surface area contributed by atoms with Gasteiger partial charge in [0, 0.05) is 16.6 Å². The minimum atomic E-state index is 0.0389. The molecule has 78 valence electrons. The van der Waals surface area contributed by atoms with Gasteiger partial charge in [0.25, 0.3) is 0 Å². The number of aromatic amines is 1. The predicted octanol–water partition coefficient (Wildman–Crippen LogP) is 3.64. The Balaban J connectivity index is 2.85. The molecule has 0 unspecified atom stereocenters. The Hall–Kier alpha value is -1.28. The fraction of sp³-hybridized carbons (Fsp3) is 0.250. The number of nitrogens with one attached hydrogen (secondary N) is 1. The number of aromatic nitrogens is 1. The van der Waals surface area contributed by atoms with E-state index in [-0.39, 0.29) is 5.78 Å². The van der Waals surface area contributed by atoms with Crippen LogP contribution in [0.3, 0.4) is 0 Å². The molecule has 0 aliphatic heterocycles. The van der Waals surface area contributed by atoms with Crippen LogP contribution in [-0.2, 0) is 0 Å². The number of hydrogen-bond acceptors (Lipinski definition) is 1.